The molecule has 0 saturated carbocycles. The monoisotopic (exact) mass is 342 g/mol. The van der Waals surface area contributed by atoms with E-state index in [1.165, 1.54) is 0 Å². The Bertz CT molecular complexity index is 714. The fourth-order valence-corrected chi connectivity index (χ4v) is 2.00. The largest absolute Gasteiger partial charge is 0.484 e. The molecule has 2 rings (SSSR count). The SMILES string of the molecule is CCc1cccc(OCC(=O)NNC(=O)COc2ccc(C)cc2)c1. The molecule has 2 aromatic rings. The highest BCUT2D eigenvalue weighted by atomic mass is 16.5. The summed E-state index contributed by atoms with van der Waals surface area (Å²) in [7, 11) is 0. The van der Waals surface area contributed by atoms with Gasteiger partial charge in [0.2, 0.25) is 0 Å². The number of carbonyl (C=O) groups excluding carboxylic acids is 2. The number of ether oxygens (including phenoxy) is 2. The lowest BCUT2D eigenvalue weighted by Gasteiger charge is -2.10. The van der Waals surface area contributed by atoms with E-state index < -0.39 is 11.8 Å². The Morgan fingerprint density at radius 1 is 0.880 bits per heavy atom. The van der Waals surface area contributed by atoms with Crippen LogP contribution in [-0.4, -0.2) is 25.0 Å². The summed E-state index contributed by atoms with van der Waals surface area (Å²) in [6.45, 7) is 3.63. The third kappa shape index (κ3) is 6.55. The smallest absolute Gasteiger partial charge is 0.276 e. The number of rotatable bonds is 7. The van der Waals surface area contributed by atoms with E-state index in [1.807, 2.05) is 44.2 Å². The summed E-state index contributed by atoms with van der Waals surface area (Å²) in [4.78, 5) is 23.3. The fourth-order valence-electron chi connectivity index (χ4n) is 2.00. The molecule has 6 heteroatoms. The van der Waals surface area contributed by atoms with Crippen molar-refractivity contribution >= 4 is 11.8 Å². The van der Waals surface area contributed by atoms with E-state index in [0.717, 1.165) is 17.5 Å². The lowest BCUT2D eigenvalue weighted by atomic mass is 10.2. The quantitative estimate of drug-likeness (QED) is 0.756. The Morgan fingerprint density at radius 3 is 2.08 bits per heavy atom. The molecule has 2 amide bonds. The number of hydrazine groups is 1. The van der Waals surface area contributed by atoms with Crippen molar-refractivity contribution in [1.29, 1.82) is 0 Å². The predicted molar refractivity (Wildman–Crippen MR) is 94.3 cm³/mol. The fraction of sp³-hybridized carbons (Fsp3) is 0.263. The number of benzene rings is 2. The van der Waals surface area contributed by atoms with Gasteiger partial charge in [0.1, 0.15) is 11.5 Å². The van der Waals surface area contributed by atoms with Crippen LogP contribution >= 0.6 is 0 Å². The van der Waals surface area contributed by atoms with Crippen LogP contribution in [0.4, 0.5) is 0 Å². The van der Waals surface area contributed by atoms with Crippen LogP contribution in [0.15, 0.2) is 48.5 Å². The molecule has 0 atom stereocenters. The van der Waals surface area contributed by atoms with Crippen molar-refractivity contribution < 1.29 is 19.1 Å². The van der Waals surface area contributed by atoms with Crippen molar-refractivity contribution in [2.75, 3.05) is 13.2 Å². The average molecular weight is 342 g/mol. The van der Waals surface area contributed by atoms with Gasteiger partial charge in [0.15, 0.2) is 13.2 Å². The summed E-state index contributed by atoms with van der Waals surface area (Å²) in [5.41, 5.74) is 6.79. The number of nitrogens with one attached hydrogen (secondary N) is 2. The van der Waals surface area contributed by atoms with Gasteiger partial charge in [-0.3, -0.25) is 20.4 Å². The summed E-state index contributed by atoms with van der Waals surface area (Å²) in [5, 5.41) is 0. The zero-order valence-electron chi connectivity index (χ0n) is 14.4. The molecule has 132 valence electrons. The number of hydrogen-bond acceptors (Lipinski definition) is 4. The molecule has 0 spiro atoms. The molecule has 2 N–H and O–H groups in total. The summed E-state index contributed by atoms with van der Waals surface area (Å²) in [5.74, 6) is 0.294. The van der Waals surface area contributed by atoms with Gasteiger partial charge in [0, 0.05) is 0 Å². The normalized spacial score (nSPS) is 10.0. The molecule has 0 aromatic heterocycles. The molecule has 0 aliphatic heterocycles. The highest BCUT2D eigenvalue weighted by Gasteiger charge is 2.07. The highest BCUT2D eigenvalue weighted by molar-refractivity contribution is 5.83. The van der Waals surface area contributed by atoms with Gasteiger partial charge in [-0.05, 0) is 43.2 Å². The minimum absolute atomic E-state index is 0.188. The summed E-state index contributed by atoms with van der Waals surface area (Å²) >= 11 is 0. The Kier molecular flexibility index (Phi) is 6.83. The Balaban J connectivity index is 1.66. The van der Waals surface area contributed by atoms with Crippen LogP contribution in [-0.2, 0) is 16.0 Å². The van der Waals surface area contributed by atoms with Crippen molar-refractivity contribution in [3.8, 4) is 11.5 Å². The maximum atomic E-state index is 11.7. The van der Waals surface area contributed by atoms with Crippen LogP contribution in [0.1, 0.15) is 18.1 Å². The second-order valence-corrected chi connectivity index (χ2v) is 5.49. The van der Waals surface area contributed by atoms with Gasteiger partial charge in [0.05, 0.1) is 0 Å². The van der Waals surface area contributed by atoms with E-state index in [4.69, 9.17) is 9.47 Å². The van der Waals surface area contributed by atoms with E-state index in [0.29, 0.717) is 11.5 Å². The molecule has 0 bridgehead atoms. The first-order valence-electron chi connectivity index (χ1n) is 8.05. The highest BCUT2D eigenvalue weighted by Crippen LogP contribution is 2.13. The third-order valence-corrected chi connectivity index (χ3v) is 3.41. The molecule has 0 aliphatic carbocycles. The first kappa shape index (κ1) is 18.3. The maximum Gasteiger partial charge on any atom is 0.276 e. The number of amides is 2. The Labute approximate surface area is 147 Å². The zero-order valence-corrected chi connectivity index (χ0v) is 14.4. The average Bonchev–Trinajstić information content (AvgIpc) is 2.64. The topological polar surface area (TPSA) is 76.7 Å². The van der Waals surface area contributed by atoms with Crippen LogP contribution in [0, 0.1) is 6.92 Å². The van der Waals surface area contributed by atoms with Crippen LogP contribution in [0.25, 0.3) is 0 Å². The minimum Gasteiger partial charge on any atom is -0.484 e. The number of hydrogen-bond donors (Lipinski definition) is 2. The molecule has 0 saturated heterocycles. The molecule has 2 aromatic carbocycles. The number of carbonyl (C=O) groups is 2. The first-order valence-corrected chi connectivity index (χ1v) is 8.05. The number of aryl methyl sites for hydroxylation is 2. The van der Waals surface area contributed by atoms with E-state index >= 15 is 0 Å². The molecule has 25 heavy (non-hydrogen) atoms. The van der Waals surface area contributed by atoms with Crippen LogP contribution < -0.4 is 20.3 Å². The minimum atomic E-state index is -0.457. The summed E-state index contributed by atoms with van der Waals surface area (Å²) < 4.78 is 10.7. The van der Waals surface area contributed by atoms with Crippen LogP contribution in [0.5, 0.6) is 11.5 Å². The van der Waals surface area contributed by atoms with Crippen LogP contribution in [0.2, 0.25) is 0 Å². The molecule has 0 radical (unpaired) electrons. The Hall–Kier alpha value is -3.02. The van der Waals surface area contributed by atoms with Gasteiger partial charge >= 0.3 is 0 Å². The zero-order chi connectivity index (χ0) is 18.1. The van der Waals surface area contributed by atoms with Crippen molar-refractivity contribution in [2.24, 2.45) is 0 Å². The van der Waals surface area contributed by atoms with Crippen molar-refractivity contribution in [2.45, 2.75) is 20.3 Å². The van der Waals surface area contributed by atoms with E-state index in [1.54, 1.807) is 18.2 Å². The maximum absolute atomic E-state index is 11.7. The Morgan fingerprint density at radius 2 is 1.48 bits per heavy atom. The predicted octanol–water partition coefficient (Wildman–Crippen LogP) is 2.16. The van der Waals surface area contributed by atoms with Crippen LogP contribution in [0.3, 0.4) is 0 Å². The molecular formula is C19H22N2O4. The van der Waals surface area contributed by atoms with Gasteiger partial charge in [-0.15, -0.1) is 0 Å². The lowest BCUT2D eigenvalue weighted by Crippen LogP contribution is -2.45. The molecule has 0 fully saturated rings. The van der Waals surface area contributed by atoms with E-state index in [2.05, 4.69) is 10.9 Å². The summed E-state index contributed by atoms with van der Waals surface area (Å²) in [6, 6.07) is 14.8. The molecule has 0 aliphatic rings. The van der Waals surface area contributed by atoms with Crippen molar-refractivity contribution in [1.82, 2.24) is 10.9 Å². The van der Waals surface area contributed by atoms with Crippen molar-refractivity contribution in [3.05, 3.63) is 59.7 Å². The lowest BCUT2D eigenvalue weighted by molar-refractivity contribution is -0.131. The first-order chi connectivity index (χ1) is 12.1. The van der Waals surface area contributed by atoms with Gasteiger partial charge in [-0.1, -0.05) is 36.8 Å². The standard InChI is InChI=1S/C19H22N2O4/c1-3-15-5-4-6-17(11-15)25-13-19(23)21-20-18(22)12-24-16-9-7-14(2)8-10-16/h4-11H,3,12-13H2,1-2H3,(H,20,22)(H,21,23). The van der Waals surface area contributed by atoms with Gasteiger partial charge in [-0.2, -0.15) is 0 Å². The molecule has 0 heterocycles. The second kappa shape index (κ2) is 9.32. The molecule has 0 unspecified atom stereocenters. The second-order valence-electron chi connectivity index (χ2n) is 5.49. The third-order valence-electron chi connectivity index (χ3n) is 3.41. The van der Waals surface area contributed by atoms with Gasteiger partial charge < -0.3 is 9.47 Å². The van der Waals surface area contributed by atoms with E-state index in [-0.39, 0.29) is 13.2 Å². The van der Waals surface area contributed by atoms with Gasteiger partial charge in [0.25, 0.3) is 11.8 Å². The van der Waals surface area contributed by atoms with Gasteiger partial charge in [-0.25, -0.2) is 0 Å². The summed E-state index contributed by atoms with van der Waals surface area (Å²) in [6.07, 6.45) is 0.889. The van der Waals surface area contributed by atoms with Crippen molar-refractivity contribution in [3.63, 3.8) is 0 Å². The molecular weight excluding hydrogens is 320 g/mol. The molecule has 6 nitrogen and oxygen atoms in total. The van der Waals surface area contributed by atoms with E-state index in [9.17, 15) is 9.59 Å².